The first-order chi connectivity index (χ1) is 9.44. The maximum absolute atomic E-state index is 13.7. The maximum Gasteiger partial charge on any atom is 0.241 e. The van der Waals surface area contributed by atoms with Crippen molar-refractivity contribution in [2.75, 3.05) is 20.3 Å². The van der Waals surface area contributed by atoms with E-state index < -0.39 is 15.8 Å². The summed E-state index contributed by atoms with van der Waals surface area (Å²) in [5, 5.41) is 2.75. The van der Waals surface area contributed by atoms with Gasteiger partial charge < -0.3 is 10.1 Å². The molecule has 0 spiro atoms. The topological polar surface area (TPSA) is 67.4 Å². The Bertz CT molecular complexity index is 589. The molecule has 1 atom stereocenters. The van der Waals surface area contributed by atoms with Crippen LogP contribution in [0, 0.1) is 5.82 Å². The molecule has 1 aliphatic heterocycles. The van der Waals surface area contributed by atoms with Gasteiger partial charge in [-0.05, 0) is 31.2 Å². The van der Waals surface area contributed by atoms with Gasteiger partial charge in [0.15, 0.2) is 0 Å². The average molecular weight is 323 g/mol. The third kappa shape index (κ3) is 3.48. The van der Waals surface area contributed by atoms with Crippen molar-refractivity contribution in [3.05, 3.63) is 28.5 Å². The lowest BCUT2D eigenvalue weighted by atomic mass is 10.2. The van der Waals surface area contributed by atoms with Crippen LogP contribution in [0.25, 0.3) is 0 Å². The van der Waals surface area contributed by atoms with Crippen molar-refractivity contribution in [3.63, 3.8) is 0 Å². The van der Waals surface area contributed by atoms with Crippen molar-refractivity contribution in [1.82, 2.24) is 10.0 Å². The summed E-state index contributed by atoms with van der Waals surface area (Å²) in [5.74, 6) is -0.748. The molecule has 0 aromatic heterocycles. The average Bonchev–Trinajstić information content (AvgIpc) is 2.87. The number of hydrogen-bond donors (Lipinski definition) is 2. The van der Waals surface area contributed by atoms with Crippen LogP contribution >= 0.6 is 11.6 Å². The smallest absolute Gasteiger partial charge is 0.241 e. The zero-order valence-electron chi connectivity index (χ0n) is 10.9. The predicted octanol–water partition coefficient (Wildman–Crippen LogP) is 1.27. The van der Waals surface area contributed by atoms with Gasteiger partial charge in [-0.25, -0.2) is 17.5 Å². The zero-order valence-corrected chi connectivity index (χ0v) is 12.5. The lowest BCUT2D eigenvalue weighted by Crippen LogP contribution is -2.35. The van der Waals surface area contributed by atoms with Crippen molar-refractivity contribution in [2.24, 2.45) is 0 Å². The van der Waals surface area contributed by atoms with E-state index in [9.17, 15) is 12.8 Å². The molecule has 1 saturated heterocycles. The molecule has 0 amide bonds. The molecule has 1 aliphatic rings. The Hall–Kier alpha value is -0.730. The summed E-state index contributed by atoms with van der Waals surface area (Å²) in [4.78, 5) is -0.128. The highest BCUT2D eigenvalue weighted by molar-refractivity contribution is 7.89. The van der Waals surface area contributed by atoms with Gasteiger partial charge >= 0.3 is 0 Å². The van der Waals surface area contributed by atoms with Crippen LogP contribution in [0.5, 0.6) is 0 Å². The van der Waals surface area contributed by atoms with Gasteiger partial charge in [0.25, 0.3) is 0 Å². The molecule has 0 saturated carbocycles. The molecule has 5 nitrogen and oxygen atoms in total. The predicted molar refractivity (Wildman–Crippen MR) is 73.7 cm³/mol. The minimum absolute atomic E-state index is 0.0671. The second-order valence-electron chi connectivity index (χ2n) is 4.59. The van der Waals surface area contributed by atoms with Crippen LogP contribution in [-0.4, -0.2) is 34.7 Å². The van der Waals surface area contributed by atoms with Crippen LogP contribution < -0.4 is 10.0 Å². The summed E-state index contributed by atoms with van der Waals surface area (Å²) in [5.41, 5.74) is 0.400. The van der Waals surface area contributed by atoms with Gasteiger partial charge in [-0.1, -0.05) is 11.6 Å². The Labute approximate surface area is 122 Å². The highest BCUT2D eigenvalue weighted by atomic mass is 35.5. The van der Waals surface area contributed by atoms with E-state index in [1.54, 1.807) is 7.05 Å². The Morgan fingerprint density at radius 2 is 2.25 bits per heavy atom. The fraction of sp³-hybridized carbons (Fsp3) is 0.500. The number of hydrogen-bond acceptors (Lipinski definition) is 4. The van der Waals surface area contributed by atoms with Crippen LogP contribution in [-0.2, 0) is 21.3 Å². The lowest BCUT2D eigenvalue weighted by Gasteiger charge is -2.13. The van der Waals surface area contributed by atoms with E-state index in [1.807, 2.05) is 0 Å². The molecule has 0 radical (unpaired) electrons. The molecule has 8 heteroatoms. The van der Waals surface area contributed by atoms with Gasteiger partial charge in [0.05, 0.1) is 16.5 Å². The highest BCUT2D eigenvalue weighted by Crippen LogP contribution is 2.24. The number of ether oxygens (including phenoxy) is 1. The van der Waals surface area contributed by atoms with Gasteiger partial charge in [0.2, 0.25) is 10.0 Å². The van der Waals surface area contributed by atoms with E-state index in [4.69, 9.17) is 16.3 Å². The van der Waals surface area contributed by atoms with E-state index >= 15 is 0 Å². The van der Waals surface area contributed by atoms with Crippen molar-refractivity contribution in [1.29, 1.82) is 0 Å². The molecule has 1 heterocycles. The first-order valence-corrected chi connectivity index (χ1v) is 8.03. The largest absolute Gasteiger partial charge is 0.380 e. The Morgan fingerprint density at radius 1 is 1.50 bits per heavy atom. The number of nitrogens with one attached hydrogen (secondary N) is 2. The molecular formula is C12H16ClFN2O3S. The quantitative estimate of drug-likeness (QED) is 0.856. The molecule has 0 aliphatic carbocycles. The van der Waals surface area contributed by atoms with Crippen molar-refractivity contribution in [3.8, 4) is 0 Å². The molecular weight excluding hydrogens is 307 g/mol. The van der Waals surface area contributed by atoms with E-state index in [1.165, 1.54) is 6.07 Å². The van der Waals surface area contributed by atoms with Crippen molar-refractivity contribution < 1.29 is 17.5 Å². The third-order valence-corrected chi connectivity index (χ3v) is 4.93. The molecule has 2 rings (SSSR count). The Morgan fingerprint density at radius 3 is 2.85 bits per heavy atom. The third-order valence-electron chi connectivity index (χ3n) is 3.01. The van der Waals surface area contributed by atoms with Gasteiger partial charge in [0.1, 0.15) is 5.82 Å². The summed E-state index contributed by atoms with van der Waals surface area (Å²) in [6, 6.07) is 2.03. The summed E-state index contributed by atoms with van der Waals surface area (Å²) in [6.07, 6.45) is 0.610. The number of benzene rings is 1. The summed E-state index contributed by atoms with van der Waals surface area (Å²) >= 11 is 5.81. The first kappa shape index (κ1) is 15.7. The summed E-state index contributed by atoms with van der Waals surface area (Å²) < 4.78 is 45.8. The SMILES string of the molecule is CNCc1cc(S(=O)(=O)NC2CCOC2)cc(F)c1Cl. The van der Waals surface area contributed by atoms with Gasteiger partial charge in [0, 0.05) is 19.2 Å². The molecule has 112 valence electrons. The maximum atomic E-state index is 13.7. The van der Waals surface area contributed by atoms with Gasteiger partial charge in [-0.15, -0.1) is 0 Å². The molecule has 2 N–H and O–H groups in total. The molecule has 20 heavy (non-hydrogen) atoms. The van der Waals surface area contributed by atoms with E-state index in [0.29, 0.717) is 25.2 Å². The monoisotopic (exact) mass is 322 g/mol. The normalized spacial score (nSPS) is 19.4. The molecule has 0 bridgehead atoms. The Balaban J connectivity index is 2.30. The molecule has 1 unspecified atom stereocenters. The lowest BCUT2D eigenvalue weighted by molar-refractivity contribution is 0.192. The summed E-state index contributed by atoms with van der Waals surface area (Å²) in [7, 11) is -2.11. The van der Waals surface area contributed by atoms with Crippen molar-refractivity contribution >= 4 is 21.6 Å². The molecule has 1 fully saturated rings. The van der Waals surface area contributed by atoms with E-state index in [2.05, 4.69) is 10.0 Å². The number of rotatable bonds is 5. The summed E-state index contributed by atoms with van der Waals surface area (Å²) in [6.45, 7) is 1.14. The van der Waals surface area contributed by atoms with E-state index in [0.717, 1.165) is 6.07 Å². The highest BCUT2D eigenvalue weighted by Gasteiger charge is 2.25. The minimum Gasteiger partial charge on any atom is -0.380 e. The van der Waals surface area contributed by atoms with Crippen LogP contribution in [0.1, 0.15) is 12.0 Å². The number of sulfonamides is 1. The Kier molecular flexibility index (Phi) is 4.98. The van der Waals surface area contributed by atoms with E-state index in [-0.39, 0.29) is 22.5 Å². The van der Waals surface area contributed by atoms with Crippen LogP contribution in [0.15, 0.2) is 17.0 Å². The number of halogens is 2. The standard InChI is InChI=1S/C12H16ClFN2O3S/c1-15-6-8-4-10(5-11(14)12(8)13)20(17,18)16-9-2-3-19-7-9/h4-5,9,15-16H,2-3,6-7H2,1H3. The molecule has 1 aromatic carbocycles. The fourth-order valence-electron chi connectivity index (χ4n) is 2.01. The second-order valence-corrected chi connectivity index (χ2v) is 6.68. The zero-order chi connectivity index (χ0) is 14.8. The fourth-order valence-corrected chi connectivity index (χ4v) is 3.50. The van der Waals surface area contributed by atoms with Crippen molar-refractivity contribution in [2.45, 2.75) is 23.9 Å². The van der Waals surface area contributed by atoms with Crippen LogP contribution in [0.2, 0.25) is 5.02 Å². The van der Waals surface area contributed by atoms with Crippen LogP contribution in [0.3, 0.4) is 0 Å². The van der Waals surface area contributed by atoms with Gasteiger partial charge in [-0.3, -0.25) is 0 Å². The first-order valence-electron chi connectivity index (χ1n) is 6.16. The van der Waals surface area contributed by atoms with Crippen LogP contribution in [0.4, 0.5) is 4.39 Å². The van der Waals surface area contributed by atoms with Gasteiger partial charge in [-0.2, -0.15) is 0 Å². The molecule has 1 aromatic rings. The second kappa shape index (κ2) is 6.36. The minimum atomic E-state index is -3.78.